The van der Waals surface area contributed by atoms with Gasteiger partial charge in [0.15, 0.2) is 11.6 Å². The molecule has 102 valence electrons. The average Bonchev–Trinajstić information content (AvgIpc) is 2.46. The Bertz CT molecular complexity index is 655. The van der Waals surface area contributed by atoms with Crippen LogP contribution in [0.5, 0.6) is 5.75 Å². The predicted molar refractivity (Wildman–Crippen MR) is 79.8 cm³/mol. The molecule has 1 aromatic carbocycles. The number of aromatic nitrogens is 1. The van der Waals surface area contributed by atoms with Crippen LogP contribution in [0, 0.1) is 0 Å². The molecule has 4 nitrogen and oxygen atoms in total. The molecule has 0 spiro atoms. The zero-order chi connectivity index (χ0) is 14.1. The molecule has 0 saturated heterocycles. The Morgan fingerprint density at radius 3 is 2.70 bits per heavy atom. The molecule has 0 saturated carbocycles. The lowest BCUT2D eigenvalue weighted by Gasteiger charge is -2.25. The molecular weight excluding hydrogens is 320 g/mol. The minimum atomic E-state index is -0.628. The fourth-order valence-corrected chi connectivity index (χ4v) is 2.43. The average molecular weight is 333 g/mol. The van der Waals surface area contributed by atoms with Gasteiger partial charge in [-0.1, -0.05) is 31.2 Å². The Morgan fingerprint density at radius 1 is 1.25 bits per heavy atom. The number of amides is 1. The van der Waals surface area contributed by atoms with Crippen molar-refractivity contribution in [2.24, 2.45) is 0 Å². The standard InChI is InChI=1S/C15H13BrN2O2/c1-2-9-3-5-10(6-4-9)13-15(19)18-14-11(20-13)7-8-12(16)17-14/h3-8,13H,2H2,1H3,(H,17,18,19). The van der Waals surface area contributed by atoms with Crippen LogP contribution in [0.2, 0.25) is 0 Å². The first kappa shape index (κ1) is 13.1. The largest absolute Gasteiger partial charge is 0.472 e. The molecule has 0 radical (unpaired) electrons. The van der Waals surface area contributed by atoms with Crippen molar-refractivity contribution in [2.75, 3.05) is 5.32 Å². The first-order chi connectivity index (χ1) is 9.67. The lowest BCUT2D eigenvalue weighted by atomic mass is 10.0. The maximum atomic E-state index is 12.1. The van der Waals surface area contributed by atoms with Crippen molar-refractivity contribution in [3.8, 4) is 5.75 Å². The third-order valence-corrected chi connectivity index (χ3v) is 3.68. The minimum absolute atomic E-state index is 0.202. The van der Waals surface area contributed by atoms with E-state index < -0.39 is 6.10 Å². The first-order valence-corrected chi connectivity index (χ1v) is 7.19. The molecule has 2 aromatic rings. The van der Waals surface area contributed by atoms with Crippen LogP contribution in [0.1, 0.15) is 24.2 Å². The topological polar surface area (TPSA) is 51.2 Å². The van der Waals surface area contributed by atoms with Crippen LogP contribution in [0.4, 0.5) is 5.82 Å². The number of carbonyl (C=O) groups excluding carboxylic acids is 1. The molecule has 1 amide bonds. The van der Waals surface area contributed by atoms with Gasteiger partial charge in [-0.05, 0) is 40.0 Å². The summed E-state index contributed by atoms with van der Waals surface area (Å²) in [5, 5.41) is 2.77. The van der Waals surface area contributed by atoms with Gasteiger partial charge in [0.25, 0.3) is 5.91 Å². The van der Waals surface area contributed by atoms with E-state index in [0.29, 0.717) is 16.2 Å². The van der Waals surface area contributed by atoms with E-state index >= 15 is 0 Å². The lowest BCUT2D eigenvalue weighted by Crippen LogP contribution is -2.30. The van der Waals surface area contributed by atoms with Crippen LogP contribution >= 0.6 is 15.9 Å². The number of halogens is 1. The molecule has 0 fully saturated rings. The van der Waals surface area contributed by atoms with Crippen LogP contribution < -0.4 is 10.1 Å². The van der Waals surface area contributed by atoms with Crippen molar-refractivity contribution in [2.45, 2.75) is 19.4 Å². The zero-order valence-electron chi connectivity index (χ0n) is 10.9. The molecule has 3 rings (SSSR count). The Hall–Kier alpha value is -1.88. The van der Waals surface area contributed by atoms with Crippen LogP contribution in [0.3, 0.4) is 0 Å². The number of carbonyl (C=O) groups is 1. The number of hydrogen-bond donors (Lipinski definition) is 1. The Morgan fingerprint density at radius 2 is 2.00 bits per heavy atom. The van der Waals surface area contributed by atoms with Crippen molar-refractivity contribution in [3.05, 3.63) is 52.1 Å². The van der Waals surface area contributed by atoms with Crippen molar-refractivity contribution in [1.82, 2.24) is 4.98 Å². The highest BCUT2D eigenvalue weighted by atomic mass is 79.9. The number of pyridine rings is 1. The van der Waals surface area contributed by atoms with E-state index in [-0.39, 0.29) is 5.91 Å². The van der Waals surface area contributed by atoms with E-state index in [9.17, 15) is 4.79 Å². The quantitative estimate of drug-likeness (QED) is 0.856. The summed E-state index contributed by atoms with van der Waals surface area (Å²) in [5.74, 6) is 0.829. The minimum Gasteiger partial charge on any atom is -0.472 e. The molecule has 0 bridgehead atoms. The van der Waals surface area contributed by atoms with Gasteiger partial charge < -0.3 is 10.1 Å². The molecule has 1 unspecified atom stereocenters. The Balaban J connectivity index is 1.91. The number of aryl methyl sites for hydroxylation is 1. The van der Waals surface area contributed by atoms with Gasteiger partial charge in [-0.25, -0.2) is 4.98 Å². The van der Waals surface area contributed by atoms with Gasteiger partial charge >= 0.3 is 0 Å². The first-order valence-electron chi connectivity index (χ1n) is 6.40. The van der Waals surface area contributed by atoms with E-state index in [1.54, 1.807) is 12.1 Å². The number of nitrogens with one attached hydrogen (secondary N) is 1. The van der Waals surface area contributed by atoms with Gasteiger partial charge in [0.05, 0.1) is 0 Å². The highest BCUT2D eigenvalue weighted by molar-refractivity contribution is 9.10. The monoisotopic (exact) mass is 332 g/mol. The molecule has 5 heteroatoms. The summed E-state index contributed by atoms with van der Waals surface area (Å²) in [6, 6.07) is 11.5. The predicted octanol–water partition coefficient (Wildman–Crippen LogP) is 3.48. The van der Waals surface area contributed by atoms with Gasteiger partial charge in [-0.2, -0.15) is 0 Å². The normalized spacial score (nSPS) is 17.1. The second-order valence-corrected chi connectivity index (χ2v) is 5.38. The van der Waals surface area contributed by atoms with Crippen molar-refractivity contribution in [3.63, 3.8) is 0 Å². The summed E-state index contributed by atoms with van der Waals surface area (Å²) in [6.07, 6.45) is 0.343. The summed E-state index contributed by atoms with van der Waals surface area (Å²) in [4.78, 5) is 16.3. The van der Waals surface area contributed by atoms with E-state index in [1.807, 2.05) is 24.3 Å². The summed E-state index contributed by atoms with van der Waals surface area (Å²) >= 11 is 3.27. The van der Waals surface area contributed by atoms with Crippen molar-refractivity contribution in [1.29, 1.82) is 0 Å². The summed E-state index contributed by atoms with van der Waals surface area (Å²) in [6.45, 7) is 2.10. The van der Waals surface area contributed by atoms with Crippen LogP contribution in [-0.4, -0.2) is 10.9 Å². The van der Waals surface area contributed by atoms with Crippen LogP contribution in [0.15, 0.2) is 41.0 Å². The smallest absolute Gasteiger partial charge is 0.271 e. The van der Waals surface area contributed by atoms with Gasteiger partial charge in [0, 0.05) is 5.56 Å². The van der Waals surface area contributed by atoms with Crippen molar-refractivity contribution < 1.29 is 9.53 Å². The third-order valence-electron chi connectivity index (χ3n) is 3.24. The van der Waals surface area contributed by atoms with Gasteiger partial charge in [-0.15, -0.1) is 0 Å². The fraction of sp³-hybridized carbons (Fsp3) is 0.200. The molecule has 1 aliphatic rings. The number of nitrogens with zero attached hydrogens (tertiary/aromatic N) is 1. The van der Waals surface area contributed by atoms with Crippen molar-refractivity contribution >= 4 is 27.7 Å². The fourth-order valence-electron chi connectivity index (χ4n) is 2.12. The van der Waals surface area contributed by atoms with Gasteiger partial charge in [-0.3, -0.25) is 4.79 Å². The highest BCUT2D eigenvalue weighted by Gasteiger charge is 2.29. The summed E-state index contributed by atoms with van der Waals surface area (Å²) in [7, 11) is 0. The number of hydrogen-bond acceptors (Lipinski definition) is 3. The number of anilines is 1. The van der Waals surface area contributed by atoms with Gasteiger partial charge in [0.2, 0.25) is 6.10 Å². The molecule has 1 aromatic heterocycles. The Labute approximate surface area is 125 Å². The van der Waals surface area contributed by atoms with E-state index in [2.05, 4.69) is 33.2 Å². The Kier molecular flexibility index (Phi) is 3.44. The number of fused-ring (bicyclic) bond motifs is 1. The second-order valence-electron chi connectivity index (χ2n) is 4.56. The highest BCUT2D eigenvalue weighted by Crippen LogP contribution is 2.34. The second kappa shape index (κ2) is 5.25. The molecule has 0 aliphatic carbocycles. The number of ether oxygens (including phenoxy) is 1. The maximum Gasteiger partial charge on any atom is 0.271 e. The molecule has 1 N–H and O–H groups in total. The third kappa shape index (κ3) is 2.41. The molecular formula is C15H13BrN2O2. The zero-order valence-corrected chi connectivity index (χ0v) is 12.5. The number of benzene rings is 1. The van der Waals surface area contributed by atoms with E-state index in [4.69, 9.17) is 4.74 Å². The van der Waals surface area contributed by atoms with Gasteiger partial charge in [0.1, 0.15) is 4.60 Å². The van der Waals surface area contributed by atoms with E-state index in [0.717, 1.165) is 12.0 Å². The SMILES string of the molecule is CCc1ccc(C2Oc3ccc(Br)nc3NC2=O)cc1. The maximum absolute atomic E-state index is 12.1. The van der Waals surface area contributed by atoms with Crippen LogP contribution in [0.25, 0.3) is 0 Å². The molecule has 20 heavy (non-hydrogen) atoms. The summed E-state index contributed by atoms with van der Waals surface area (Å²) in [5.41, 5.74) is 2.07. The lowest BCUT2D eigenvalue weighted by molar-refractivity contribution is -0.123. The number of rotatable bonds is 2. The molecule has 1 aliphatic heterocycles. The molecule has 2 heterocycles. The van der Waals surface area contributed by atoms with Crippen LogP contribution in [-0.2, 0) is 11.2 Å². The van der Waals surface area contributed by atoms with E-state index in [1.165, 1.54) is 5.56 Å². The summed E-state index contributed by atoms with van der Waals surface area (Å²) < 4.78 is 6.42. The molecule has 1 atom stereocenters.